The summed E-state index contributed by atoms with van der Waals surface area (Å²) in [5.74, 6) is 0.523. The number of fused-ring (bicyclic) bond motifs is 1. The van der Waals surface area contributed by atoms with E-state index in [9.17, 15) is 4.79 Å². The van der Waals surface area contributed by atoms with E-state index >= 15 is 0 Å². The highest BCUT2D eigenvalue weighted by Crippen LogP contribution is 2.14. The van der Waals surface area contributed by atoms with Gasteiger partial charge in [-0.05, 0) is 35.4 Å². The van der Waals surface area contributed by atoms with Gasteiger partial charge in [0.05, 0.1) is 23.6 Å². The van der Waals surface area contributed by atoms with Crippen molar-refractivity contribution in [1.29, 1.82) is 0 Å². The predicted molar refractivity (Wildman–Crippen MR) is 113 cm³/mol. The quantitative estimate of drug-likeness (QED) is 0.390. The van der Waals surface area contributed by atoms with Crippen molar-refractivity contribution in [2.75, 3.05) is 0 Å². The average molecular weight is 384 g/mol. The first-order valence-corrected chi connectivity index (χ1v) is 9.26. The molecule has 4 aromatic rings. The number of nitrogens with one attached hydrogen (secondary N) is 1. The average Bonchev–Trinajstić information content (AvgIpc) is 3.16. The maximum atomic E-state index is 12.2. The van der Waals surface area contributed by atoms with Crippen molar-refractivity contribution in [3.63, 3.8) is 0 Å². The summed E-state index contributed by atoms with van der Waals surface area (Å²) >= 11 is 0. The van der Waals surface area contributed by atoms with Crippen LogP contribution in [-0.2, 0) is 17.9 Å². The number of ether oxygens (including phenoxy) is 1. The van der Waals surface area contributed by atoms with Gasteiger partial charge in [-0.2, -0.15) is 5.10 Å². The van der Waals surface area contributed by atoms with Crippen LogP contribution in [0.4, 0.5) is 0 Å². The van der Waals surface area contributed by atoms with E-state index in [1.807, 2.05) is 78.9 Å². The van der Waals surface area contributed by atoms with Gasteiger partial charge >= 0.3 is 0 Å². The number of hydrazone groups is 1. The lowest BCUT2D eigenvalue weighted by Gasteiger charge is -2.07. The predicted octanol–water partition coefficient (Wildman–Crippen LogP) is 3.77. The largest absolute Gasteiger partial charge is 0.489 e. The van der Waals surface area contributed by atoms with Crippen molar-refractivity contribution in [2.45, 2.75) is 13.2 Å². The zero-order valence-corrected chi connectivity index (χ0v) is 15.7. The Morgan fingerprint density at radius 3 is 2.76 bits per heavy atom. The summed E-state index contributed by atoms with van der Waals surface area (Å²) in [5.41, 5.74) is 6.26. The minimum absolute atomic E-state index is 0.151. The van der Waals surface area contributed by atoms with E-state index < -0.39 is 0 Å². The molecule has 0 spiro atoms. The normalized spacial score (nSPS) is 11.0. The lowest BCUT2D eigenvalue weighted by Crippen LogP contribution is -2.22. The molecule has 0 saturated heterocycles. The van der Waals surface area contributed by atoms with Gasteiger partial charge in [0.15, 0.2) is 0 Å². The molecule has 144 valence electrons. The number of hydrogen-bond acceptors (Lipinski definition) is 4. The topological polar surface area (TPSA) is 68.5 Å². The molecule has 1 N–H and O–H groups in total. The Bertz CT molecular complexity index is 1140. The zero-order chi connectivity index (χ0) is 19.9. The number of rotatable bonds is 7. The molecule has 0 saturated carbocycles. The van der Waals surface area contributed by atoms with Gasteiger partial charge in [-0.3, -0.25) is 4.79 Å². The van der Waals surface area contributed by atoms with Crippen LogP contribution in [0.15, 0.2) is 90.3 Å². The van der Waals surface area contributed by atoms with Crippen molar-refractivity contribution >= 4 is 23.2 Å². The van der Waals surface area contributed by atoms with Gasteiger partial charge in [0, 0.05) is 0 Å². The van der Waals surface area contributed by atoms with Crippen LogP contribution in [0.5, 0.6) is 5.75 Å². The van der Waals surface area contributed by atoms with Crippen LogP contribution in [0.25, 0.3) is 11.0 Å². The second kappa shape index (κ2) is 8.84. The van der Waals surface area contributed by atoms with Crippen molar-refractivity contribution in [2.24, 2.45) is 5.10 Å². The third-order valence-electron chi connectivity index (χ3n) is 4.35. The van der Waals surface area contributed by atoms with E-state index in [4.69, 9.17) is 4.74 Å². The van der Waals surface area contributed by atoms with E-state index in [2.05, 4.69) is 15.5 Å². The number of aromatic nitrogens is 2. The molecule has 0 atom stereocenters. The van der Waals surface area contributed by atoms with Gasteiger partial charge in [-0.1, -0.05) is 54.6 Å². The number of carbonyl (C=O) groups is 1. The summed E-state index contributed by atoms with van der Waals surface area (Å²) in [6.07, 6.45) is 3.25. The molecule has 0 fully saturated rings. The summed E-state index contributed by atoms with van der Waals surface area (Å²) in [7, 11) is 0. The molecule has 1 amide bonds. The molecule has 0 aliphatic heterocycles. The smallest absolute Gasteiger partial charge is 0.260 e. The molecule has 3 aromatic carbocycles. The number of imidazole rings is 1. The summed E-state index contributed by atoms with van der Waals surface area (Å²) in [6, 6.07) is 25.2. The molecule has 1 heterocycles. The molecular formula is C23H20N4O2. The molecule has 0 radical (unpaired) electrons. The first-order valence-electron chi connectivity index (χ1n) is 9.26. The molecule has 6 heteroatoms. The maximum absolute atomic E-state index is 12.2. The van der Waals surface area contributed by atoms with Crippen LogP contribution in [-0.4, -0.2) is 21.7 Å². The van der Waals surface area contributed by atoms with E-state index in [1.165, 1.54) is 0 Å². The van der Waals surface area contributed by atoms with Crippen LogP contribution in [0, 0.1) is 0 Å². The summed E-state index contributed by atoms with van der Waals surface area (Å²) in [4.78, 5) is 16.5. The molecular weight excluding hydrogens is 364 g/mol. The van der Waals surface area contributed by atoms with Crippen molar-refractivity contribution < 1.29 is 9.53 Å². The third-order valence-corrected chi connectivity index (χ3v) is 4.35. The second-order valence-electron chi connectivity index (χ2n) is 6.50. The fourth-order valence-electron chi connectivity index (χ4n) is 2.93. The molecule has 0 aliphatic rings. The lowest BCUT2D eigenvalue weighted by molar-refractivity contribution is -0.121. The van der Waals surface area contributed by atoms with Crippen LogP contribution in [0.1, 0.15) is 11.1 Å². The van der Waals surface area contributed by atoms with Gasteiger partial charge < -0.3 is 9.30 Å². The summed E-state index contributed by atoms with van der Waals surface area (Å²) in [5, 5.41) is 4.05. The van der Waals surface area contributed by atoms with Gasteiger partial charge in [0.25, 0.3) is 5.91 Å². The lowest BCUT2D eigenvalue weighted by atomic mass is 10.2. The first-order chi connectivity index (χ1) is 14.3. The Balaban J connectivity index is 1.32. The molecule has 1 aromatic heterocycles. The van der Waals surface area contributed by atoms with Crippen LogP contribution < -0.4 is 10.2 Å². The standard InChI is InChI=1S/C23H20N4O2/c28-23(15-27-17-24-21-11-4-5-12-22(21)27)26-25-14-19-9-6-10-20(13-19)29-16-18-7-2-1-3-8-18/h1-14,17H,15-16H2,(H,26,28). The molecule has 0 aliphatic carbocycles. The number of benzene rings is 3. The molecule has 0 bridgehead atoms. The highest BCUT2D eigenvalue weighted by Gasteiger charge is 2.06. The van der Waals surface area contributed by atoms with Crippen LogP contribution >= 0.6 is 0 Å². The zero-order valence-electron chi connectivity index (χ0n) is 15.7. The summed E-state index contributed by atoms with van der Waals surface area (Å²) < 4.78 is 7.60. The van der Waals surface area contributed by atoms with Crippen molar-refractivity contribution in [3.8, 4) is 5.75 Å². The molecule has 29 heavy (non-hydrogen) atoms. The first kappa shape index (κ1) is 18.4. The van der Waals surface area contributed by atoms with Gasteiger partial charge in [0.2, 0.25) is 0 Å². The van der Waals surface area contributed by atoms with E-state index in [-0.39, 0.29) is 12.5 Å². The van der Waals surface area contributed by atoms with E-state index in [1.54, 1.807) is 17.1 Å². The Labute approximate surface area is 168 Å². The summed E-state index contributed by atoms with van der Waals surface area (Å²) in [6.45, 7) is 0.648. The fraction of sp³-hybridized carbons (Fsp3) is 0.0870. The van der Waals surface area contributed by atoms with Gasteiger partial charge in [-0.15, -0.1) is 0 Å². The molecule has 6 nitrogen and oxygen atoms in total. The van der Waals surface area contributed by atoms with Crippen LogP contribution in [0.3, 0.4) is 0 Å². The number of carbonyl (C=O) groups excluding carboxylic acids is 1. The van der Waals surface area contributed by atoms with Crippen molar-refractivity contribution in [1.82, 2.24) is 15.0 Å². The minimum Gasteiger partial charge on any atom is -0.489 e. The Kier molecular flexibility index (Phi) is 5.62. The van der Waals surface area contributed by atoms with Crippen molar-refractivity contribution in [3.05, 3.63) is 96.3 Å². The molecule has 4 rings (SSSR count). The Morgan fingerprint density at radius 2 is 1.86 bits per heavy atom. The highest BCUT2D eigenvalue weighted by atomic mass is 16.5. The Morgan fingerprint density at radius 1 is 1.03 bits per heavy atom. The second-order valence-corrected chi connectivity index (χ2v) is 6.50. The monoisotopic (exact) mass is 384 g/mol. The van der Waals surface area contributed by atoms with E-state index in [0.29, 0.717) is 6.61 Å². The number of amides is 1. The maximum Gasteiger partial charge on any atom is 0.260 e. The number of nitrogens with zero attached hydrogens (tertiary/aromatic N) is 3. The van der Waals surface area contributed by atoms with E-state index in [0.717, 1.165) is 27.9 Å². The third kappa shape index (κ3) is 4.87. The Hall–Kier alpha value is -3.93. The van der Waals surface area contributed by atoms with Crippen LogP contribution in [0.2, 0.25) is 0 Å². The van der Waals surface area contributed by atoms with Gasteiger partial charge in [-0.25, -0.2) is 10.4 Å². The SMILES string of the molecule is O=C(Cn1cnc2ccccc21)NN=Cc1cccc(OCc2ccccc2)c1. The number of hydrogen-bond donors (Lipinski definition) is 1. The number of para-hydroxylation sites is 2. The molecule has 0 unspecified atom stereocenters. The highest BCUT2D eigenvalue weighted by molar-refractivity contribution is 5.83. The van der Waals surface area contributed by atoms with Gasteiger partial charge in [0.1, 0.15) is 18.9 Å². The minimum atomic E-state index is -0.221. The fourth-order valence-corrected chi connectivity index (χ4v) is 2.93.